The number of aliphatic carboxylic acids is 2. The second-order valence-electron chi connectivity index (χ2n) is 4.96. The first-order valence-corrected chi connectivity index (χ1v) is 8.53. The fourth-order valence-corrected chi connectivity index (χ4v) is 2.12. The molecule has 0 aromatic carbocycles. The van der Waals surface area contributed by atoms with E-state index >= 15 is 0 Å². The maximum absolute atomic E-state index is 12.0. The number of carbonyl (C=O) groups excluding carboxylic acids is 2. The largest absolute Gasteiger partial charge is 0.481 e. The molecule has 0 spiro atoms. The first kappa shape index (κ1) is 22.1. The Morgan fingerprint density at radius 2 is 1.62 bits per heavy atom. The van der Waals surface area contributed by atoms with Crippen LogP contribution in [0.5, 0.6) is 0 Å². The average Bonchev–Trinajstić information content (AvgIpc) is 2.53. The SMILES string of the molecule is CSCCC(NC(=O)C(CO)NC(=O)C(N)CCC(=O)O)C(=O)O. The zero-order chi connectivity index (χ0) is 18.7. The molecule has 11 heteroatoms. The van der Waals surface area contributed by atoms with E-state index < -0.39 is 48.5 Å². The quantitative estimate of drug-likeness (QED) is 0.227. The number of hydrogen-bond donors (Lipinski definition) is 6. The van der Waals surface area contributed by atoms with E-state index in [1.54, 1.807) is 6.26 Å². The second-order valence-corrected chi connectivity index (χ2v) is 5.95. The van der Waals surface area contributed by atoms with Gasteiger partial charge in [-0.2, -0.15) is 11.8 Å². The molecule has 0 aromatic rings. The Bertz CT molecular complexity index is 461. The van der Waals surface area contributed by atoms with Crippen molar-refractivity contribution in [2.75, 3.05) is 18.6 Å². The minimum Gasteiger partial charge on any atom is -0.481 e. The van der Waals surface area contributed by atoms with E-state index in [0.717, 1.165) is 0 Å². The molecule has 0 fully saturated rings. The normalized spacial score (nSPS) is 14.3. The summed E-state index contributed by atoms with van der Waals surface area (Å²) in [6, 6.07) is -3.67. The Hall–Kier alpha value is -1.85. The number of aliphatic hydroxyl groups excluding tert-OH is 1. The highest BCUT2D eigenvalue weighted by Gasteiger charge is 2.27. The van der Waals surface area contributed by atoms with Crippen molar-refractivity contribution in [1.82, 2.24) is 10.6 Å². The second kappa shape index (κ2) is 11.6. The number of amides is 2. The average molecular weight is 365 g/mol. The summed E-state index contributed by atoms with van der Waals surface area (Å²) in [7, 11) is 0. The van der Waals surface area contributed by atoms with E-state index in [2.05, 4.69) is 10.6 Å². The summed E-state index contributed by atoms with van der Waals surface area (Å²) in [5.41, 5.74) is 5.50. The van der Waals surface area contributed by atoms with Gasteiger partial charge in [0.15, 0.2) is 0 Å². The highest BCUT2D eigenvalue weighted by molar-refractivity contribution is 7.98. The summed E-state index contributed by atoms with van der Waals surface area (Å²) < 4.78 is 0. The van der Waals surface area contributed by atoms with E-state index in [1.807, 2.05) is 0 Å². The fourth-order valence-electron chi connectivity index (χ4n) is 1.65. The first-order valence-electron chi connectivity index (χ1n) is 7.13. The zero-order valence-corrected chi connectivity index (χ0v) is 14.0. The molecule has 2 amide bonds. The monoisotopic (exact) mass is 365 g/mol. The smallest absolute Gasteiger partial charge is 0.326 e. The van der Waals surface area contributed by atoms with Gasteiger partial charge in [0.2, 0.25) is 11.8 Å². The minimum atomic E-state index is -1.37. The van der Waals surface area contributed by atoms with E-state index in [1.165, 1.54) is 11.8 Å². The van der Waals surface area contributed by atoms with Gasteiger partial charge >= 0.3 is 11.9 Å². The Morgan fingerprint density at radius 3 is 2.08 bits per heavy atom. The molecule has 7 N–H and O–H groups in total. The number of carbonyl (C=O) groups is 4. The first-order chi connectivity index (χ1) is 11.2. The molecule has 10 nitrogen and oxygen atoms in total. The summed E-state index contributed by atoms with van der Waals surface area (Å²) >= 11 is 1.41. The van der Waals surface area contributed by atoms with Crippen molar-refractivity contribution in [2.45, 2.75) is 37.4 Å². The van der Waals surface area contributed by atoms with Crippen molar-refractivity contribution >= 4 is 35.5 Å². The van der Waals surface area contributed by atoms with E-state index in [0.29, 0.717) is 5.75 Å². The van der Waals surface area contributed by atoms with Gasteiger partial charge < -0.3 is 31.7 Å². The van der Waals surface area contributed by atoms with Crippen LogP contribution in [0.25, 0.3) is 0 Å². The predicted octanol–water partition coefficient (Wildman–Crippen LogP) is -2.02. The molecule has 3 atom stereocenters. The van der Waals surface area contributed by atoms with Crippen LogP contribution in [-0.2, 0) is 19.2 Å². The van der Waals surface area contributed by atoms with Gasteiger partial charge in [0, 0.05) is 6.42 Å². The molecule has 0 saturated heterocycles. The van der Waals surface area contributed by atoms with Gasteiger partial charge in [-0.25, -0.2) is 4.79 Å². The van der Waals surface area contributed by atoms with Crippen molar-refractivity contribution in [3.05, 3.63) is 0 Å². The van der Waals surface area contributed by atoms with Crippen LogP contribution in [0, 0.1) is 0 Å². The Labute approximate surface area is 143 Å². The lowest BCUT2D eigenvalue weighted by Gasteiger charge is -2.21. The van der Waals surface area contributed by atoms with Gasteiger partial charge in [-0.3, -0.25) is 14.4 Å². The number of thioether (sulfide) groups is 1. The van der Waals surface area contributed by atoms with E-state index in [-0.39, 0.29) is 19.3 Å². The van der Waals surface area contributed by atoms with Crippen LogP contribution >= 0.6 is 11.8 Å². The standard InChI is InChI=1S/C13H23N3O7S/c1-24-5-4-8(13(22)23)15-12(21)9(6-17)16-11(20)7(14)2-3-10(18)19/h7-9,17H,2-6,14H2,1H3,(H,15,21)(H,16,20)(H,18,19)(H,22,23). The molecule has 0 aromatic heterocycles. The summed E-state index contributed by atoms with van der Waals surface area (Å²) in [5.74, 6) is -3.49. The number of nitrogens with two attached hydrogens (primary N) is 1. The fraction of sp³-hybridized carbons (Fsp3) is 0.692. The third-order valence-corrected chi connectivity index (χ3v) is 3.69. The molecular formula is C13H23N3O7S. The lowest BCUT2D eigenvalue weighted by atomic mass is 10.1. The Morgan fingerprint density at radius 1 is 1.04 bits per heavy atom. The van der Waals surface area contributed by atoms with Gasteiger partial charge in [-0.1, -0.05) is 0 Å². The molecule has 0 bridgehead atoms. The zero-order valence-electron chi connectivity index (χ0n) is 13.2. The summed E-state index contributed by atoms with van der Waals surface area (Å²) in [6.45, 7) is -0.752. The summed E-state index contributed by atoms with van der Waals surface area (Å²) in [5, 5.41) is 31.2. The van der Waals surface area contributed by atoms with Crippen LogP contribution < -0.4 is 16.4 Å². The van der Waals surface area contributed by atoms with E-state index in [9.17, 15) is 24.3 Å². The molecule has 0 saturated carbocycles. The summed E-state index contributed by atoms with van der Waals surface area (Å²) in [4.78, 5) is 45.3. The Kier molecular flexibility index (Phi) is 10.8. The number of hydrogen-bond acceptors (Lipinski definition) is 7. The van der Waals surface area contributed by atoms with Crippen LogP contribution in [0.1, 0.15) is 19.3 Å². The maximum atomic E-state index is 12.0. The van der Waals surface area contributed by atoms with Gasteiger partial charge in [0.05, 0.1) is 12.6 Å². The molecule has 24 heavy (non-hydrogen) atoms. The molecule has 0 aliphatic heterocycles. The molecule has 3 unspecified atom stereocenters. The van der Waals surface area contributed by atoms with Crippen molar-refractivity contribution in [1.29, 1.82) is 0 Å². The van der Waals surface area contributed by atoms with Crippen LogP contribution in [0.3, 0.4) is 0 Å². The van der Waals surface area contributed by atoms with Crippen LogP contribution in [-0.4, -0.2) is 75.8 Å². The number of rotatable bonds is 12. The lowest BCUT2D eigenvalue weighted by Crippen LogP contribution is -2.55. The van der Waals surface area contributed by atoms with E-state index in [4.69, 9.17) is 15.9 Å². The third-order valence-electron chi connectivity index (χ3n) is 3.05. The van der Waals surface area contributed by atoms with Crippen LogP contribution in [0.4, 0.5) is 0 Å². The molecule has 0 aliphatic rings. The van der Waals surface area contributed by atoms with Crippen molar-refractivity contribution in [3.63, 3.8) is 0 Å². The highest BCUT2D eigenvalue weighted by Crippen LogP contribution is 2.02. The van der Waals surface area contributed by atoms with Crippen molar-refractivity contribution in [3.8, 4) is 0 Å². The molecule has 0 rings (SSSR count). The van der Waals surface area contributed by atoms with Gasteiger partial charge in [-0.15, -0.1) is 0 Å². The molecule has 0 heterocycles. The van der Waals surface area contributed by atoms with Crippen LogP contribution in [0.15, 0.2) is 0 Å². The summed E-state index contributed by atoms with van der Waals surface area (Å²) in [6.07, 6.45) is 1.52. The van der Waals surface area contributed by atoms with Gasteiger partial charge in [0.25, 0.3) is 0 Å². The third kappa shape index (κ3) is 8.70. The van der Waals surface area contributed by atoms with Crippen molar-refractivity contribution < 1.29 is 34.5 Å². The van der Waals surface area contributed by atoms with Gasteiger partial charge in [0.1, 0.15) is 12.1 Å². The maximum Gasteiger partial charge on any atom is 0.326 e. The molecular weight excluding hydrogens is 342 g/mol. The Balaban J connectivity index is 4.64. The number of carboxylic acid groups (broad SMARTS) is 2. The number of nitrogens with one attached hydrogen (secondary N) is 2. The topological polar surface area (TPSA) is 179 Å². The minimum absolute atomic E-state index is 0.133. The lowest BCUT2D eigenvalue weighted by molar-refractivity contribution is -0.142. The van der Waals surface area contributed by atoms with Gasteiger partial charge in [-0.05, 0) is 24.9 Å². The molecule has 0 aliphatic carbocycles. The van der Waals surface area contributed by atoms with Crippen molar-refractivity contribution in [2.24, 2.45) is 5.73 Å². The number of carboxylic acids is 2. The van der Waals surface area contributed by atoms with Crippen LogP contribution in [0.2, 0.25) is 0 Å². The molecule has 138 valence electrons. The number of aliphatic hydroxyl groups is 1. The highest BCUT2D eigenvalue weighted by atomic mass is 32.2. The predicted molar refractivity (Wildman–Crippen MR) is 86.4 cm³/mol. The molecule has 0 radical (unpaired) electrons.